The zero-order valence-electron chi connectivity index (χ0n) is 16.9. The molecule has 160 valence electrons. The number of thiol groups is 1. The van der Waals surface area contributed by atoms with Gasteiger partial charge in [0.1, 0.15) is 17.3 Å². The number of benzene rings is 1. The van der Waals surface area contributed by atoms with Crippen LogP contribution >= 0.6 is 12.6 Å². The molecule has 29 heavy (non-hydrogen) atoms. The second-order valence-corrected chi connectivity index (χ2v) is 8.61. The summed E-state index contributed by atoms with van der Waals surface area (Å²) >= 11 is 4.34. The second-order valence-electron chi connectivity index (χ2n) is 8.06. The number of rotatable bonds is 8. The van der Waals surface area contributed by atoms with Crippen molar-refractivity contribution < 1.29 is 24.6 Å². The first kappa shape index (κ1) is 23.1. The van der Waals surface area contributed by atoms with E-state index in [-0.39, 0.29) is 24.0 Å². The Morgan fingerprint density at radius 2 is 1.69 bits per heavy atom. The Hall–Kier alpha value is -2.22. The van der Waals surface area contributed by atoms with Crippen molar-refractivity contribution in [2.45, 2.75) is 69.2 Å². The van der Waals surface area contributed by atoms with Crippen molar-refractivity contribution >= 4 is 30.4 Å². The van der Waals surface area contributed by atoms with Crippen molar-refractivity contribution in [2.75, 3.05) is 0 Å². The van der Waals surface area contributed by atoms with E-state index in [0.717, 1.165) is 19.3 Å². The van der Waals surface area contributed by atoms with Gasteiger partial charge in [-0.3, -0.25) is 9.59 Å². The van der Waals surface area contributed by atoms with Crippen molar-refractivity contribution in [1.82, 2.24) is 10.6 Å². The Morgan fingerprint density at radius 3 is 2.21 bits per heavy atom. The number of hydrogen-bond donors (Lipinski definition) is 5. The lowest BCUT2D eigenvalue weighted by atomic mass is 9.80. The van der Waals surface area contributed by atoms with Crippen molar-refractivity contribution in [3.63, 3.8) is 0 Å². The summed E-state index contributed by atoms with van der Waals surface area (Å²) in [5, 5.41) is 23.9. The number of phenolic OH excluding ortho intramolecular Hbond substituents is 1. The molecule has 8 heteroatoms. The van der Waals surface area contributed by atoms with Crippen LogP contribution in [0.3, 0.4) is 0 Å². The number of carboxylic acids is 1. The molecule has 0 radical (unpaired) electrons. The Morgan fingerprint density at radius 1 is 1.10 bits per heavy atom. The van der Waals surface area contributed by atoms with E-state index >= 15 is 0 Å². The monoisotopic (exact) mass is 422 g/mol. The summed E-state index contributed by atoms with van der Waals surface area (Å²) in [5.74, 6) is -1.85. The van der Waals surface area contributed by atoms with Crippen LogP contribution in [-0.2, 0) is 20.8 Å². The van der Waals surface area contributed by atoms with Gasteiger partial charge in [-0.15, -0.1) is 0 Å². The van der Waals surface area contributed by atoms with Crippen LogP contribution in [0, 0.1) is 5.92 Å². The average molecular weight is 423 g/mol. The normalized spacial score (nSPS) is 17.9. The van der Waals surface area contributed by atoms with E-state index in [9.17, 15) is 24.6 Å². The fraction of sp³-hybridized carbons (Fsp3) is 0.571. The highest BCUT2D eigenvalue weighted by atomic mass is 32.1. The molecular weight excluding hydrogens is 392 g/mol. The van der Waals surface area contributed by atoms with Crippen LogP contribution in [0.5, 0.6) is 5.75 Å². The van der Waals surface area contributed by atoms with E-state index in [1.54, 1.807) is 12.1 Å². The van der Waals surface area contributed by atoms with E-state index in [2.05, 4.69) is 23.3 Å². The summed E-state index contributed by atoms with van der Waals surface area (Å²) < 4.78 is 0. The number of carbonyl (C=O) groups excluding carboxylic acids is 2. The lowest BCUT2D eigenvalue weighted by molar-refractivity contribution is -0.144. The predicted octanol–water partition coefficient (Wildman–Crippen LogP) is 2.28. The molecule has 0 heterocycles. The molecule has 0 saturated heterocycles. The van der Waals surface area contributed by atoms with Crippen molar-refractivity contribution in [2.24, 2.45) is 5.92 Å². The largest absolute Gasteiger partial charge is 0.508 e. The van der Waals surface area contributed by atoms with Gasteiger partial charge >= 0.3 is 5.97 Å². The van der Waals surface area contributed by atoms with Crippen molar-refractivity contribution in [1.29, 1.82) is 0 Å². The number of hydrogen-bond acceptors (Lipinski definition) is 5. The molecule has 1 aliphatic carbocycles. The number of carboxylic acid groups (broad SMARTS) is 1. The average Bonchev–Trinajstić information content (AvgIpc) is 2.68. The Balaban J connectivity index is 2.17. The first-order chi connectivity index (χ1) is 13.6. The quantitative estimate of drug-likeness (QED) is 0.412. The molecule has 1 fully saturated rings. The van der Waals surface area contributed by atoms with Crippen LogP contribution in [0.4, 0.5) is 0 Å². The zero-order valence-corrected chi connectivity index (χ0v) is 17.7. The molecule has 4 N–H and O–H groups in total. The van der Waals surface area contributed by atoms with Gasteiger partial charge in [-0.05, 0) is 36.5 Å². The maximum absolute atomic E-state index is 13.2. The molecule has 2 atom stereocenters. The number of nitrogens with one attached hydrogen (secondary N) is 2. The summed E-state index contributed by atoms with van der Waals surface area (Å²) in [7, 11) is 0. The Labute approximate surface area is 176 Å². The predicted molar refractivity (Wildman–Crippen MR) is 113 cm³/mol. The molecule has 7 nitrogen and oxygen atoms in total. The highest BCUT2D eigenvalue weighted by Crippen LogP contribution is 2.29. The number of amides is 2. The van der Waals surface area contributed by atoms with Crippen LogP contribution in [-0.4, -0.2) is 44.8 Å². The minimum atomic E-state index is -1.15. The SMILES string of the molecule is CC(C)[C@H](S)C(=O)NC1(C(=O)N[C@@H](Cc2ccc(O)cc2)C(=O)O)CCCCC1. The Kier molecular flexibility index (Phi) is 7.96. The smallest absolute Gasteiger partial charge is 0.326 e. The molecule has 0 aromatic heterocycles. The summed E-state index contributed by atoms with van der Waals surface area (Å²) in [5.41, 5.74) is -0.444. The fourth-order valence-corrected chi connectivity index (χ4v) is 3.61. The van der Waals surface area contributed by atoms with Gasteiger partial charge in [0.2, 0.25) is 11.8 Å². The van der Waals surface area contributed by atoms with Gasteiger partial charge in [0, 0.05) is 6.42 Å². The number of carbonyl (C=O) groups is 3. The highest BCUT2D eigenvalue weighted by molar-refractivity contribution is 7.81. The van der Waals surface area contributed by atoms with Crippen LogP contribution in [0.2, 0.25) is 0 Å². The maximum atomic E-state index is 13.2. The molecule has 0 aliphatic heterocycles. The van der Waals surface area contributed by atoms with E-state index < -0.39 is 28.7 Å². The van der Waals surface area contributed by atoms with Gasteiger partial charge in [0.15, 0.2) is 0 Å². The number of phenols is 1. The third kappa shape index (κ3) is 6.13. The lowest BCUT2D eigenvalue weighted by Gasteiger charge is -2.38. The highest BCUT2D eigenvalue weighted by Gasteiger charge is 2.43. The summed E-state index contributed by atoms with van der Waals surface area (Å²) in [4.78, 5) is 37.5. The molecule has 1 aromatic carbocycles. The van der Waals surface area contributed by atoms with Gasteiger partial charge in [-0.25, -0.2) is 4.79 Å². The standard InChI is InChI=1S/C21H30N2O5S/c1-13(2)17(29)18(25)23-21(10-4-3-5-11-21)20(28)22-16(19(26)27)12-14-6-8-15(24)9-7-14/h6-9,13,16-17,24,29H,3-5,10-12H2,1-2H3,(H,22,28)(H,23,25)(H,26,27)/t16-,17-/m0/s1. The van der Waals surface area contributed by atoms with Crippen LogP contribution in [0.1, 0.15) is 51.5 Å². The molecule has 0 bridgehead atoms. The summed E-state index contributed by atoms with van der Waals surface area (Å²) in [6, 6.07) is 5.03. The molecule has 2 rings (SSSR count). The topological polar surface area (TPSA) is 116 Å². The molecular formula is C21H30N2O5S. The van der Waals surface area contributed by atoms with Gasteiger partial charge in [0.25, 0.3) is 0 Å². The van der Waals surface area contributed by atoms with Crippen LogP contribution < -0.4 is 10.6 Å². The van der Waals surface area contributed by atoms with E-state index in [0.29, 0.717) is 18.4 Å². The van der Waals surface area contributed by atoms with Crippen molar-refractivity contribution in [3.8, 4) is 5.75 Å². The minimum Gasteiger partial charge on any atom is -0.508 e. The molecule has 1 saturated carbocycles. The summed E-state index contributed by atoms with van der Waals surface area (Å²) in [6.07, 6.45) is 3.54. The lowest BCUT2D eigenvalue weighted by Crippen LogP contribution is -2.63. The van der Waals surface area contributed by atoms with Gasteiger partial charge in [-0.2, -0.15) is 12.6 Å². The number of aromatic hydroxyl groups is 1. The minimum absolute atomic E-state index is 0.00306. The molecule has 1 aromatic rings. The maximum Gasteiger partial charge on any atom is 0.326 e. The second kappa shape index (κ2) is 10.0. The van der Waals surface area contributed by atoms with Gasteiger partial charge in [0.05, 0.1) is 5.25 Å². The van der Waals surface area contributed by atoms with E-state index in [1.165, 1.54) is 12.1 Å². The summed E-state index contributed by atoms with van der Waals surface area (Å²) in [6.45, 7) is 3.76. The fourth-order valence-electron chi connectivity index (χ4n) is 3.54. The molecule has 0 unspecified atom stereocenters. The first-order valence-corrected chi connectivity index (χ1v) is 10.5. The van der Waals surface area contributed by atoms with Crippen LogP contribution in [0.15, 0.2) is 24.3 Å². The first-order valence-electron chi connectivity index (χ1n) is 9.96. The van der Waals surface area contributed by atoms with Gasteiger partial charge in [-0.1, -0.05) is 45.2 Å². The zero-order chi connectivity index (χ0) is 21.6. The third-order valence-electron chi connectivity index (χ3n) is 5.38. The third-order valence-corrected chi connectivity index (χ3v) is 6.21. The van der Waals surface area contributed by atoms with E-state index in [1.807, 2.05) is 13.8 Å². The molecule has 0 spiro atoms. The van der Waals surface area contributed by atoms with Crippen LogP contribution in [0.25, 0.3) is 0 Å². The van der Waals surface area contributed by atoms with Gasteiger partial charge < -0.3 is 20.8 Å². The molecule has 1 aliphatic rings. The molecule has 2 amide bonds. The van der Waals surface area contributed by atoms with Crippen molar-refractivity contribution in [3.05, 3.63) is 29.8 Å². The number of aliphatic carboxylic acids is 1. The Bertz CT molecular complexity index is 729. The van der Waals surface area contributed by atoms with E-state index in [4.69, 9.17) is 0 Å².